The van der Waals surface area contributed by atoms with Crippen LogP contribution in [0.25, 0.3) is 0 Å². The normalized spacial score (nSPS) is 10.4. The number of phenolic OH excluding ortho intramolecular Hbond substituents is 1. The van der Waals surface area contributed by atoms with E-state index in [0.717, 1.165) is 0 Å². The largest absolute Gasteiger partial charge is 0.508 e. The van der Waals surface area contributed by atoms with E-state index < -0.39 is 17.9 Å². The highest BCUT2D eigenvalue weighted by Crippen LogP contribution is 2.25. The quantitative estimate of drug-likeness (QED) is 0.329. The first-order valence-corrected chi connectivity index (χ1v) is 7.25. The fourth-order valence-electron chi connectivity index (χ4n) is 0.428. The first-order valence-electron chi connectivity index (χ1n) is 3.84. The molecule has 0 atom stereocenters. The second-order valence-corrected chi connectivity index (χ2v) is 5.07. The summed E-state index contributed by atoms with van der Waals surface area (Å²) in [6.45, 7) is 0. The first kappa shape index (κ1) is 18.4. The molecular formula is C7H13O8PS. The Balaban J connectivity index is 0. The zero-order valence-corrected chi connectivity index (χ0v) is 10.4. The molecule has 0 unspecified atom stereocenters. The maximum absolute atomic E-state index is 9.19. The van der Waals surface area contributed by atoms with E-state index in [9.17, 15) is 8.42 Å². The Hall–Kier alpha value is -0.960. The van der Waals surface area contributed by atoms with Crippen LogP contribution in [0.2, 0.25) is 0 Å². The molecule has 0 spiro atoms. The van der Waals surface area contributed by atoms with Crippen LogP contribution in [0.3, 0.4) is 0 Å². The van der Waals surface area contributed by atoms with Crippen molar-refractivity contribution in [3.63, 3.8) is 0 Å². The lowest BCUT2D eigenvalue weighted by atomic mass is 10.3. The highest BCUT2D eigenvalue weighted by atomic mass is 32.2. The van der Waals surface area contributed by atoms with Gasteiger partial charge in [-0.1, -0.05) is 18.2 Å². The van der Waals surface area contributed by atoms with E-state index in [1.807, 2.05) is 6.07 Å². The number of phosphoric acid groups is 1. The van der Waals surface area contributed by atoms with Crippen LogP contribution in [-0.2, 0) is 14.7 Å². The van der Waals surface area contributed by atoms with Crippen molar-refractivity contribution in [2.24, 2.45) is 0 Å². The average Bonchev–Trinajstić information content (AvgIpc) is 1.98. The number of benzene rings is 1. The van der Waals surface area contributed by atoms with Crippen LogP contribution in [0.1, 0.15) is 0 Å². The van der Waals surface area contributed by atoms with Gasteiger partial charge in [-0.25, -0.2) is 4.57 Å². The van der Waals surface area contributed by atoms with Gasteiger partial charge in [-0.05, 0) is 12.1 Å². The fourth-order valence-corrected chi connectivity index (χ4v) is 0.428. The Bertz CT molecular complexity index is 420. The summed E-state index contributed by atoms with van der Waals surface area (Å²) in [6, 6.07) is 8.71. The summed E-state index contributed by atoms with van der Waals surface area (Å²) in [6.07, 6.45) is 0.715. The molecule has 0 heterocycles. The molecule has 1 rings (SSSR count). The minimum atomic E-state index is -4.64. The first-order chi connectivity index (χ1) is 7.39. The number of hydrogen-bond acceptors (Lipinski definition) is 4. The molecule has 1 aromatic rings. The smallest absolute Gasteiger partial charge is 0.466 e. The maximum atomic E-state index is 9.19. The third-order valence-corrected chi connectivity index (χ3v) is 0.756. The minimum Gasteiger partial charge on any atom is -0.508 e. The Morgan fingerprint density at radius 2 is 1.29 bits per heavy atom. The molecule has 0 fully saturated rings. The molecule has 8 nitrogen and oxygen atoms in total. The van der Waals surface area contributed by atoms with E-state index in [2.05, 4.69) is 0 Å². The second kappa shape index (κ2) is 8.18. The molecule has 0 aliphatic heterocycles. The van der Waals surface area contributed by atoms with Crippen LogP contribution < -0.4 is 0 Å². The van der Waals surface area contributed by atoms with Crippen molar-refractivity contribution in [1.82, 2.24) is 0 Å². The summed E-state index contributed by atoms with van der Waals surface area (Å²) in [4.78, 5) is 21.6. The maximum Gasteiger partial charge on any atom is 0.466 e. The highest BCUT2D eigenvalue weighted by molar-refractivity contribution is 7.85. The number of phenols is 1. The molecule has 0 radical (unpaired) electrons. The standard InChI is InChI=1S/C6H6O.CH4O3S.H3O4P/c7-6-4-2-1-3-5-6;2*1-5(2,3)4/h1-5,7H;1H3,(H,2,3,4);(H3,1,2,3,4). The van der Waals surface area contributed by atoms with Gasteiger partial charge in [0.05, 0.1) is 6.26 Å². The Labute approximate surface area is 98.2 Å². The zero-order chi connectivity index (χ0) is 14.1. The van der Waals surface area contributed by atoms with E-state index in [-0.39, 0.29) is 0 Å². The van der Waals surface area contributed by atoms with Gasteiger partial charge in [0.2, 0.25) is 0 Å². The lowest BCUT2D eigenvalue weighted by Crippen LogP contribution is -1.88. The third kappa shape index (κ3) is 51.6. The van der Waals surface area contributed by atoms with E-state index in [0.29, 0.717) is 12.0 Å². The molecule has 1 aromatic carbocycles. The van der Waals surface area contributed by atoms with E-state index >= 15 is 0 Å². The molecule has 0 aliphatic rings. The molecule has 0 amide bonds. The van der Waals surface area contributed by atoms with Crippen molar-refractivity contribution in [2.75, 3.05) is 6.26 Å². The Morgan fingerprint density at radius 3 is 1.41 bits per heavy atom. The van der Waals surface area contributed by atoms with Crippen LogP contribution in [-0.4, -0.2) is 39.0 Å². The second-order valence-electron chi connectivity index (χ2n) is 2.58. The van der Waals surface area contributed by atoms with Crippen LogP contribution >= 0.6 is 7.82 Å². The van der Waals surface area contributed by atoms with Gasteiger partial charge in [0.25, 0.3) is 10.1 Å². The molecule has 17 heavy (non-hydrogen) atoms. The van der Waals surface area contributed by atoms with Crippen molar-refractivity contribution >= 4 is 17.9 Å². The van der Waals surface area contributed by atoms with Gasteiger partial charge in [-0.15, -0.1) is 0 Å². The van der Waals surface area contributed by atoms with Crippen molar-refractivity contribution in [3.05, 3.63) is 30.3 Å². The summed E-state index contributed by atoms with van der Waals surface area (Å²) >= 11 is 0. The van der Waals surface area contributed by atoms with Gasteiger partial charge in [0.1, 0.15) is 5.75 Å². The number of aromatic hydroxyl groups is 1. The molecule has 0 aromatic heterocycles. The van der Waals surface area contributed by atoms with Crippen molar-refractivity contribution < 1.29 is 37.3 Å². The number of hydrogen-bond donors (Lipinski definition) is 5. The van der Waals surface area contributed by atoms with E-state index in [4.69, 9.17) is 28.9 Å². The van der Waals surface area contributed by atoms with E-state index in [1.54, 1.807) is 24.3 Å². The van der Waals surface area contributed by atoms with Gasteiger partial charge in [0, 0.05) is 0 Å². The average molecular weight is 288 g/mol. The van der Waals surface area contributed by atoms with E-state index in [1.165, 1.54) is 0 Å². The summed E-state index contributed by atoms with van der Waals surface area (Å²) in [5.74, 6) is 0.322. The molecule has 10 heteroatoms. The monoisotopic (exact) mass is 288 g/mol. The Morgan fingerprint density at radius 1 is 1.06 bits per heavy atom. The molecule has 0 aliphatic carbocycles. The predicted molar refractivity (Wildman–Crippen MR) is 59.8 cm³/mol. The van der Waals surface area contributed by atoms with Gasteiger partial charge in [-0.3, -0.25) is 4.55 Å². The summed E-state index contributed by atoms with van der Waals surface area (Å²) in [5.41, 5.74) is 0. The molecular weight excluding hydrogens is 275 g/mol. The van der Waals surface area contributed by atoms with Crippen LogP contribution in [0.15, 0.2) is 30.3 Å². The minimum absolute atomic E-state index is 0.322. The van der Waals surface area contributed by atoms with Crippen molar-refractivity contribution in [3.8, 4) is 5.75 Å². The van der Waals surface area contributed by atoms with Crippen LogP contribution in [0.5, 0.6) is 5.75 Å². The highest BCUT2D eigenvalue weighted by Gasteiger charge is 2.00. The fraction of sp³-hybridized carbons (Fsp3) is 0.143. The molecule has 5 N–H and O–H groups in total. The zero-order valence-electron chi connectivity index (χ0n) is 8.70. The van der Waals surface area contributed by atoms with Gasteiger partial charge >= 0.3 is 7.82 Å². The van der Waals surface area contributed by atoms with Crippen LogP contribution in [0.4, 0.5) is 0 Å². The van der Waals surface area contributed by atoms with Gasteiger partial charge in [0.15, 0.2) is 0 Å². The lowest BCUT2D eigenvalue weighted by molar-refractivity contribution is 0.275. The molecule has 100 valence electrons. The number of rotatable bonds is 0. The SMILES string of the molecule is CS(=O)(=O)O.O=P(O)(O)O.Oc1ccccc1. The third-order valence-electron chi connectivity index (χ3n) is 0.756. The molecule has 0 saturated carbocycles. The predicted octanol–water partition coefficient (Wildman–Crippen LogP) is -0.0324. The molecule has 0 saturated heterocycles. The molecule has 0 bridgehead atoms. The van der Waals surface area contributed by atoms with Gasteiger partial charge < -0.3 is 19.8 Å². The van der Waals surface area contributed by atoms with Crippen molar-refractivity contribution in [2.45, 2.75) is 0 Å². The Kier molecular flexibility index (Phi) is 8.85. The lowest BCUT2D eigenvalue weighted by Gasteiger charge is -1.82. The summed E-state index contributed by atoms with van der Waals surface area (Å²) in [5, 5.41) is 8.63. The number of para-hydroxylation sites is 1. The van der Waals surface area contributed by atoms with Crippen LogP contribution in [0, 0.1) is 0 Å². The van der Waals surface area contributed by atoms with Gasteiger partial charge in [-0.2, -0.15) is 8.42 Å². The van der Waals surface area contributed by atoms with Crippen molar-refractivity contribution in [1.29, 1.82) is 0 Å². The summed E-state index contributed by atoms with van der Waals surface area (Å²) < 4.78 is 34.8. The summed E-state index contributed by atoms with van der Waals surface area (Å²) in [7, 11) is -8.31. The topological polar surface area (TPSA) is 152 Å².